The standard InChI is InChI=1S/C13H13ClN4OS/c1-8-5-13(16-18(8)2)17-20(19)12-7-15-11-6-9(14)3-4-10(11)12/h3-7,15H,1-2H3,(H,16,17). The zero-order valence-electron chi connectivity index (χ0n) is 11.0. The summed E-state index contributed by atoms with van der Waals surface area (Å²) >= 11 is 5.93. The number of fused-ring (bicyclic) bond motifs is 1. The van der Waals surface area contributed by atoms with Gasteiger partial charge in [0.05, 0.1) is 4.90 Å². The maximum Gasteiger partial charge on any atom is 0.160 e. The molecule has 0 amide bonds. The van der Waals surface area contributed by atoms with Gasteiger partial charge in [-0.25, -0.2) is 4.21 Å². The summed E-state index contributed by atoms with van der Waals surface area (Å²) in [6.07, 6.45) is 1.72. The maximum atomic E-state index is 12.4. The molecule has 2 aromatic heterocycles. The molecule has 0 aliphatic carbocycles. The molecule has 0 saturated heterocycles. The van der Waals surface area contributed by atoms with E-state index in [1.54, 1.807) is 16.9 Å². The number of aromatic amines is 1. The number of H-pyrrole nitrogens is 1. The molecule has 1 aromatic carbocycles. The fraction of sp³-hybridized carbons (Fsp3) is 0.154. The topological polar surface area (TPSA) is 62.7 Å². The summed E-state index contributed by atoms with van der Waals surface area (Å²) in [6, 6.07) is 7.29. The molecule has 0 radical (unpaired) electrons. The summed E-state index contributed by atoms with van der Waals surface area (Å²) in [6.45, 7) is 1.94. The molecule has 1 atom stereocenters. The summed E-state index contributed by atoms with van der Waals surface area (Å²) in [5, 5.41) is 5.76. The number of benzene rings is 1. The third-order valence-electron chi connectivity index (χ3n) is 3.12. The summed E-state index contributed by atoms with van der Waals surface area (Å²) in [5.41, 5.74) is 1.86. The van der Waals surface area contributed by atoms with Crippen molar-refractivity contribution in [1.82, 2.24) is 14.8 Å². The van der Waals surface area contributed by atoms with Crippen molar-refractivity contribution in [3.05, 3.63) is 41.2 Å². The van der Waals surface area contributed by atoms with Crippen molar-refractivity contribution < 1.29 is 4.21 Å². The van der Waals surface area contributed by atoms with Gasteiger partial charge in [0.1, 0.15) is 0 Å². The van der Waals surface area contributed by atoms with Gasteiger partial charge in [0, 0.05) is 40.9 Å². The second-order valence-corrected chi connectivity index (χ2v) is 6.13. The van der Waals surface area contributed by atoms with E-state index in [0.29, 0.717) is 15.7 Å². The van der Waals surface area contributed by atoms with Crippen molar-refractivity contribution in [2.75, 3.05) is 4.72 Å². The van der Waals surface area contributed by atoms with Gasteiger partial charge in [-0.3, -0.25) is 9.40 Å². The van der Waals surface area contributed by atoms with Crippen LogP contribution in [-0.2, 0) is 18.0 Å². The van der Waals surface area contributed by atoms with E-state index < -0.39 is 11.0 Å². The van der Waals surface area contributed by atoms with Gasteiger partial charge in [0.2, 0.25) is 0 Å². The number of rotatable bonds is 3. The molecule has 3 rings (SSSR count). The van der Waals surface area contributed by atoms with Crippen LogP contribution in [0.5, 0.6) is 0 Å². The lowest BCUT2D eigenvalue weighted by Gasteiger charge is -2.01. The molecule has 2 N–H and O–H groups in total. The van der Waals surface area contributed by atoms with Crippen LogP contribution in [-0.4, -0.2) is 19.0 Å². The van der Waals surface area contributed by atoms with E-state index in [2.05, 4.69) is 14.8 Å². The number of nitrogens with one attached hydrogen (secondary N) is 2. The lowest BCUT2D eigenvalue weighted by molar-refractivity contribution is 0.686. The van der Waals surface area contributed by atoms with Crippen LogP contribution in [0.25, 0.3) is 10.9 Å². The molecule has 5 nitrogen and oxygen atoms in total. The van der Waals surface area contributed by atoms with Gasteiger partial charge in [0.25, 0.3) is 0 Å². The minimum atomic E-state index is -1.38. The summed E-state index contributed by atoms with van der Waals surface area (Å²) in [5.74, 6) is 0.589. The molecule has 2 heterocycles. The van der Waals surface area contributed by atoms with Crippen LogP contribution in [0.4, 0.5) is 5.82 Å². The van der Waals surface area contributed by atoms with Gasteiger partial charge in [-0.05, 0) is 19.1 Å². The maximum absolute atomic E-state index is 12.4. The van der Waals surface area contributed by atoms with E-state index >= 15 is 0 Å². The quantitative estimate of drug-likeness (QED) is 0.781. The fourth-order valence-corrected chi connectivity index (χ4v) is 3.10. The molecular weight excluding hydrogens is 296 g/mol. The van der Waals surface area contributed by atoms with E-state index in [4.69, 9.17) is 11.6 Å². The van der Waals surface area contributed by atoms with Crippen molar-refractivity contribution >= 4 is 39.3 Å². The van der Waals surface area contributed by atoms with Crippen LogP contribution >= 0.6 is 11.6 Å². The summed E-state index contributed by atoms with van der Waals surface area (Å²) in [7, 11) is 0.465. The van der Waals surface area contributed by atoms with Crippen LogP contribution in [0.3, 0.4) is 0 Å². The van der Waals surface area contributed by atoms with Crippen molar-refractivity contribution in [3.63, 3.8) is 0 Å². The number of anilines is 1. The van der Waals surface area contributed by atoms with Crippen LogP contribution in [0.1, 0.15) is 5.69 Å². The van der Waals surface area contributed by atoms with Crippen LogP contribution < -0.4 is 4.72 Å². The van der Waals surface area contributed by atoms with Gasteiger partial charge < -0.3 is 4.98 Å². The minimum Gasteiger partial charge on any atom is -0.360 e. The normalized spacial score (nSPS) is 12.8. The Morgan fingerprint density at radius 2 is 2.20 bits per heavy atom. The Kier molecular flexibility index (Phi) is 3.27. The SMILES string of the molecule is Cc1cc(NS(=O)c2c[nH]c3cc(Cl)ccc23)nn1C. The smallest absolute Gasteiger partial charge is 0.160 e. The van der Waals surface area contributed by atoms with Crippen LogP contribution in [0, 0.1) is 6.92 Å². The lowest BCUT2D eigenvalue weighted by Crippen LogP contribution is -2.05. The molecular formula is C13H13ClN4OS. The predicted octanol–water partition coefficient (Wildman–Crippen LogP) is 3.00. The van der Waals surface area contributed by atoms with Gasteiger partial charge >= 0.3 is 0 Å². The van der Waals surface area contributed by atoms with E-state index in [1.165, 1.54) is 0 Å². The molecule has 0 saturated carbocycles. The number of nitrogens with zero attached hydrogens (tertiary/aromatic N) is 2. The monoisotopic (exact) mass is 308 g/mol. The molecule has 0 aliphatic heterocycles. The number of halogens is 1. The van der Waals surface area contributed by atoms with Crippen molar-refractivity contribution in [2.45, 2.75) is 11.8 Å². The van der Waals surface area contributed by atoms with Crippen molar-refractivity contribution in [1.29, 1.82) is 0 Å². The first-order valence-corrected chi connectivity index (χ1v) is 7.53. The van der Waals surface area contributed by atoms with Gasteiger partial charge in [0.15, 0.2) is 16.8 Å². The number of hydrogen-bond donors (Lipinski definition) is 2. The Bertz CT molecular complexity index is 788. The first-order valence-electron chi connectivity index (χ1n) is 6.00. The van der Waals surface area contributed by atoms with Gasteiger partial charge in [-0.15, -0.1) is 0 Å². The Labute approximate surface area is 123 Å². The molecule has 20 heavy (non-hydrogen) atoms. The number of aryl methyl sites for hydroxylation is 2. The largest absolute Gasteiger partial charge is 0.360 e. The Hall–Kier alpha value is -1.79. The molecule has 0 spiro atoms. The zero-order chi connectivity index (χ0) is 14.3. The minimum absolute atomic E-state index is 0.589. The lowest BCUT2D eigenvalue weighted by atomic mass is 10.2. The molecule has 1 unspecified atom stereocenters. The molecule has 104 valence electrons. The molecule has 7 heteroatoms. The van der Waals surface area contributed by atoms with Crippen molar-refractivity contribution in [3.8, 4) is 0 Å². The van der Waals surface area contributed by atoms with Gasteiger partial charge in [-0.1, -0.05) is 17.7 Å². The first-order chi connectivity index (χ1) is 9.54. The number of hydrogen-bond acceptors (Lipinski definition) is 2. The summed E-state index contributed by atoms with van der Waals surface area (Å²) < 4.78 is 17.0. The third-order valence-corrected chi connectivity index (χ3v) is 4.48. The molecule has 3 aromatic rings. The predicted molar refractivity (Wildman–Crippen MR) is 81.3 cm³/mol. The second-order valence-electron chi connectivity index (χ2n) is 4.51. The molecule has 0 aliphatic rings. The van der Waals surface area contributed by atoms with Crippen LogP contribution in [0.15, 0.2) is 35.4 Å². The van der Waals surface area contributed by atoms with E-state index in [1.807, 2.05) is 32.2 Å². The Morgan fingerprint density at radius 3 is 2.90 bits per heavy atom. The Balaban J connectivity index is 1.92. The highest BCUT2D eigenvalue weighted by Gasteiger charge is 2.12. The van der Waals surface area contributed by atoms with E-state index in [9.17, 15) is 4.21 Å². The second kappa shape index (κ2) is 4.96. The average Bonchev–Trinajstić information content (AvgIpc) is 2.93. The third kappa shape index (κ3) is 2.32. The Morgan fingerprint density at radius 1 is 1.40 bits per heavy atom. The zero-order valence-corrected chi connectivity index (χ0v) is 12.5. The molecule has 0 fully saturated rings. The average molecular weight is 309 g/mol. The highest BCUT2D eigenvalue weighted by molar-refractivity contribution is 7.86. The van der Waals surface area contributed by atoms with Gasteiger partial charge in [-0.2, -0.15) is 5.10 Å². The first kappa shape index (κ1) is 13.2. The van der Waals surface area contributed by atoms with Crippen molar-refractivity contribution in [2.24, 2.45) is 7.05 Å². The molecule has 0 bridgehead atoms. The highest BCUT2D eigenvalue weighted by atomic mass is 35.5. The van der Waals surface area contributed by atoms with Crippen LogP contribution in [0.2, 0.25) is 5.02 Å². The number of aromatic nitrogens is 3. The highest BCUT2D eigenvalue weighted by Crippen LogP contribution is 2.25. The van der Waals surface area contributed by atoms with E-state index in [0.717, 1.165) is 16.6 Å². The summed E-state index contributed by atoms with van der Waals surface area (Å²) in [4.78, 5) is 3.75. The van der Waals surface area contributed by atoms with E-state index in [-0.39, 0.29) is 0 Å². The fourth-order valence-electron chi connectivity index (χ4n) is 1.99.